The molecule has 3 heteroatoms. The zero-order valence-electron chi connectivity index (χ0n) is 9.34. The minimum absolute atomic E-state index is 0.0161. The lowest BCUT2D eigenvalue weighted by Crippen LogP contribution is -2.42. The highest BCUT2D eigenvalue weighted by atomic mass is 19.3. The zero-order valence-corrected chi connectivity index (χ0v) is 9.34. The third kappa shape index (κ3) is 2.03. The Morgan fingerprint density at radius 1 is 1.25 bits per heavy atom. The van der Waals surface area contributed by atoms with E-state index in [0.717, 1.165) is 6.08 Å². The van der Waals surface area contributed by atoms with E-state index < -0.39 is 17.1 Å². The van der Waals surface area contributed by atoms with Crippen LogP contribution in [-0.4, -0.2) is 11.7 Å². The lowest BCUT2D eigenvalue weighted by Gasteiger charge is -2.29. The second-order valence-electron chi connectivity index (χ2n) is 4.20. The molecule has 1 aromatic rings. The van der Waals surface area contributed by atoms with E-state index in [-0.39, 0.29) is 5.56 Å². The van der Waals surface area contributed by atoms with Crippen LogP contribution in [0.15, 0.2) is 43.0 Å². The van der Waals surface area contributed by atoms with Gasteiger partial charge in [0.1, 0.15) is 0 Å². The van der Waals surface area contributed by atoms with Crippen LogP contribution in [0.2, 0.25) is 0 Å². The zero-order chi connectivity index (χ0) is 12.4. The van der Waals surface area contributed by atoms with Gasteiger partial charge in [0.2, 0.25) is 5.78 Å². The normalized spacial score (nSPS) is 12.2. The minimum Gasteiger partial charge on any atom is -0.287 e. The molecule has 0 aliphatic heterocycles. The molecule has 1 aromatic carbocycles. The van der Waals surface area contributed by atoms with Crippen LogP contribution in [0.5, 0.6) is 0 Å². The van der Waals surface area contributed by atoms with Crippen molar-refractivity contribution in [1.82, 2.24) is 0 Å². The van der Waals surface area contributed by atoms with Gasteiger partial charge in [0.15, 0.2) is 0 Å². The van der Waals surface area contributed by atoms with Gasteiger partial charge in [-0.1, -0.05) is 50.3 Å². The van der Waals surface area contributed by atoms with Crippen molar-refractivity contribution in [1.29, 1.82) is 0 Å². The van der Waals surface area contributed by atoms with Crippen LogP contribution in [0.3, 0.4) is 0 Å². The van der Waals surface area contributed by atoms with Crippen molar-refractivity contribution in [2.75, 3.05) is 0 Å². The molecule has 86 valence electrons. The Bertz CT molecular complexity index is 394. The van der Waals surface area contributed by atoms with Crippen LogP contribution in [0.1, 0.15) is 24.2 Å². The summed E-state index contributed by atoms with van der Waals surface area (Å²) in [6.07, 6.45) is 1.10. The average Bonchev–Trinajstić information content (AvgIpc) is 2.29. The first kappa shape index (κ1) is 12.6. The Hall–Kier alpha value is -1.51. The molecule has 0 bridgehead atoms. The summed E-state index contributed by atoms with van der Waals surface area (Å²) in [5.74, 6) is -4.62. The fourth-order valence-corrected chi connectivity index (χ4v) is 1.19. The first-order valence-electron chi connectivity index (χ1n) is 4.94. The van der Waals surface area contributed by atoms with Crippen molar-refractivity contribution < 1.29 is 13.6 Å². The monoisotopic (exact) mass is 224 g/mol. The van der Waals surface area contributed by atoms with Crippen LogP contribution in [0.4, 0.5) is 8.78 Å². The average molecular weight is 224 g/mol. The van der Waals surface area contributed by atoms with Gasteiger partial charge >= 0.3 is 5.92 Å². The Kier molecular flexibility index (Phi) is 3.27. The van der Waals surface area contributed by atoms with Gasteiger partial charge in [-0.3, -0.25) is 4.79 Å². The van der Waals surface area contributed by atoms with Crippen LogP contribution < -0.4 is 0 Å². The predicted octanol–water partition coefficient (Wildman–Crippen LogP) is 3.72. The molecule has 0 fully saturated rings. The smallest absolute Gasteiger partial charge is 0.287 e. The first-order chi connectivity index (χ1) is 7.33. The van der Waals surface area contributed by atoms with Crippen LogP contribution in [0, 0.1) is 5.41 Å². The number of Topliss-reactive ketones (excluding diaryl/α,β-unsaturated/α-hetero) is 1. The predicted molar refractivity (Wildman–Crippen MR) is 59.7 cm³/mol. The number of benzene rings is 1. The summed E-state index contributed by atoms with van der Waals surface area (Å²) in [6, 6.07) is 7.56. The van der Waals surface area contributed by atoms with E-state index in [1.807, 2.05) is 0 Å². The SMILES string of the molecule is C=CC(C)(C)C(F)(F)C(=O)c1ccccc1. The maximum Gasteiger partial charge on any atom is 0.318 e. The molecule has 1 nitrogen and oxygen atoms in total. The standard InChI is InChI=1S/C13H14F2O/c1-4-12(2,3)13(14,15)11(16)10-8-6-5-7-9-10/h4-9H,1H2,2-3H3. The highest BCUT2D eigenvalue weighted by Gasteiger charge is 2.51. The molecule has 0 saturated heterocycles. The van der Waals surface area contributed by atoms with E-state index in [0.29, 0.717) is 0 Å². The second kappa shape index (κ2) is 4.16. The van der Waals surface area contributed by atoms with Crippen molar-refractivity contribution in [3.63, 3.8) is 0 Å². The molecule has 0 amide bonds. The van der Waals surface area contributed by atoms with Crippen LogP contribution >= 0.6 is 0 Å². The number of carbonyl (C=O) groups is 1. The maximum absolute atomic E-state index is 13.9. The molecule has 0 atom stereocenters. The molecule has 0 saturated carbocycles. The summed E-state index contributed by atoms with van der Waals surface area (Å²) < 4.78 is 27.7. The van der Waals surface area contributed by atoms with E-state index in [4.69, 9.17) is 0 Å². The van der Waals surface area contributed by atoms with Crippen molar-refractivity contribution in [3.05, 3.63) is 48.6 Å². The van der Waals surface area contributed by atoms with Crippen LogP contribution in [0.25, 0.3) is 0 Å². The number of halogens is 2. The van der Waals surface area contributed by atoms with Gasteiger partial charge in [0.05, 0.1) is 5.41 Å². The van der Waals surface area contributed by atoms with Gasteiger partial charge in [-0.2, -0.15) is 8.78 Å². The molecule has 16 heavy (non-hydrogen) atoms. The van der Waals surface area contributed by atoms with Crippen LogP contribution in [-0.2, 0) is 0 Å². The molecular weight excluding hydrogens is 210 g/mol. The van der Waals surface area contributed by atoms with Crippen molar-refractivity contribution in [2.24, 2.45) is 5.41 Å². The lowest BCUT2D eigenvalue weighted by molar-refractivity contribution is -0.0497. The number of alkyl halides is 2. The van der Waals surface area contributed by atoms with E-state index in [1.165, 1.54) is 26.0 Å². The summed E-state index contributed by atoms with van der Waals surface area (Å²) in [6.45, 7) is 5.93. The molecule has 0 radical (unpaired) electrons. The summed E-state index contributed by atoms with van der Waals surface area (Å²) in [5.41, 5.74) is -1.54. The van der Waals surface area contributed by atoms with Crippen molar-refractivity contribution >= 4 is 5.78 Å². The van der Waals surface area contributed by atoms with Crippen molar-refractivity contribution in [3.8, 4) is 0 Å². The van der Waals surface area contributed by atoms with Gasteiger partial charge in [-0.15, -0.1) is 6.58 Å². The van der Waals surface area contributed by atoms with E-state index in [2.05, 4.69) is 6.58 Å². The number of ketones is 1. The third-order valence-corrected chi connectivity index (χ3v) is 2.64. The summed E-state index contributed by atoms with van der Waals surface area (Å²) in [4.78, 5) is 11.7. The molecule has 0 aliphatic carbocycles. The largest absolute Gasteiger partial charge is 0.318 e. The molecule has 0 heterocycles. The fourth-order valence-electron chi connectivity index (χ4n) is 1.19. The highest BCUT2D eigenvalue weighted by Crippen LogP contribution is 2.39. The van der Waals surface area contributed by atoms with Gasteiger partial charge in [-0.05, 0) is 0 Å². The number of hydrogen-bond acceptors (Lipinski definition) is 1. The van der Waals surface area contributed by atoms with Crippen molar-refractivity contribution in [2.45, 2.75) is 19.8 Å². The quantitative estimate of drug-likeness (QED) is 0.562. The molecule has 0 aliphatic rings. The second-order valence-corrected chi connectivity index (χ2v) is 4.20. The highest BCUT2D eigenvalue weighted by molar-refractivity contribution is 6.02. The topological polar surface area (TPSA) is 17.1 Å². The number of carbonyl (C=O) groups excluding carboxylic acids is 1. The Morgan fingerprint density at radius 3 is 2.19 bits per heavy atom. The fraction of sp³-hybridized carbons (Fsp3) is 0.308. The maximum atomic E-state index is 13.9. The lowest BCUT2D eigenvalue weighted by atomic mass is 9.81. The Morgan fingerprint density at radius 2 is 1.75 bits per heavy atom. The van der Waals surface area contributed by atoms with E-state index >= 15 is 0 Å². The molecule has 0 spiro atoms. The van der Waals surface area contributed by atoms with Gasteiger partial charge in [-0.25, -0.2) is 0 Å². The number of hydrogen-bond donors (Lipinski definition) is 0. The Labute approximate surface area is 93.8 Å². The number of rotatable bonds is 4. The summed E-state index contributed by atoms with van der Waals surface area (Å²) >= 11 is 0. The van der Waals surface area contributed by atoms with E-state index in [1.54, 1.807) is 18.2 Å². The van der Waals surface area contributed by atoms with E-state index in [9.17, 15) is 13.6 Å². The molecule has 0 N–H and O–H groups in total. The minimum atomic E-state index is -3.45. The Balaban J connectivity index is 3.11. The summed E-state index contributed by atoms with van der Waals surface area (Å²) in [7, 11) is 0. The molecule has 0 unspecified atom stereocenters. The first-order valence-corrected chi connectivity index (χ1v) is 4.94. The third-order valence-electron chi connectivity index (χ3n) is 2.64. The summed E-state index contributed by atoms with van der Waals surface area (Å²) in [5, 5.41) is 0. The van der Waals surface area contributed by atoms with Gasteiger partial charge < -0.3 is 0 Å². The molecule has 1 rings (SSSR count). The van der Waals surface area contributed by atoms with Gasteiger partial charge in [0.25, 0.3) is 0 Å². The number of allylic oxidation sites excluding steroid dienone is 1. The molecular formula is C13H14F2O. The molecule has 0 aromatic heterocycles. The van der Waals surface area contributed by atoms with Gasteiger partial charge in [0, 0.05) is 5.56 Å².